The number of aliphatic hydroxyl groups is 2. The molecule has 0 aromatic rings. The quantitative estimate of drug-likeness (QED) is 0.0502. The molecule has 0 spiro atoms. The molecule has 0 saturated heterocycles. The fourth-order valence-electron chi connectivity index (χ4n) is 3.54. The molecule has 2 N–H and O–H groups in total. The van der Waals surface area contributed by atoms with Gasteiger partial charge in [-0.15, -0.1) is 0 Å². The van der Waals surface area contributed by atoms with Gasteiger partial charge in [0.15, 0.2) is 0 Å². The van der Waals surface area contributed by atoms with E-state index in [9.17, 15) is 18.6 Å². The average Bonchev–Trinajstić information content (AvgIpc) is 2.67. The molecule has 7 nitrogen and oxygen atoms in total. The van der Waals surface area contributed by atoms with E-state index in [1.54, 1.807) is 6.08 Å². The zero-order valence-electron chi connectivity index (χ0n) is 21.0. The maximum Gasteiger partial charge on any atom is 0.305 e. The van der Waals surface area contributed by atoms with Gasteiger partial charge in [-0.2, -0.15) is 8.42 Å². The van der Waals surface area contributed by atoms with Crippen molar-refractivity contribution in [2.24, 2.45) is 4.99 Å². The Hall–Kier alpha value is -0.960. The Kier molecular flexibility index (Phi) is 17.9. The van der Waals surface area contributed by atoms with Crippen LogP contribution in [0.25, 0.3) is 0 Å². The minimum Gasteiger partial charge on any atom is -0.391 e. The van der Waals surface area contributed by atoms with Crippen LogP contribution >= 0.6 is 0 Å². The Bertz CT molecular complexity index is 610. The number of hydrogen-bond acceptors (Lipinski definition) is 6. The molecule has 32 heavy (non-hydrogen) atoms. The first-order valence-electron chi connectivity index (χ1n) is 12.3. The van der Waals surface area contributed by atoms with E-state index in [0.717, 1.165) is 31.9 Å². The van der Waals surface area contributed by atoms with Crippen molar-refractivity contribution in [2.45, 2.75) is 103 Å². The van der Waals surface area contributed by atoms with E-state index in [1.165, 1.54) is 76.9 Å². The third-order valence-corrected chi connectivity index (χ3v) is 5.76. The van der Waals surface area contributed by atoms with Crippen LogP contribution in [0.15, 0.2) is 17.3 Å². The fourth-order valence-corrected chi connectivity index (χ4v) is 3.82. The lowest BCUT2D eigenvalue weighted by molar-refractivity contribution is -0.781. The smallest absolute Gasteiger partial charge is 0.305 e. The Morgan fingerprint density at radius 1 is 0.812 bits per heavy atom. The maximum absolute atomic E-state index is 10.8. The van der Waals surface area contributed by atoms with Gasteiger partial charge < -0.3 is 14.4 Å². The molecule has 8 heteroatoms. The number of unbranched alkanes of at least 4 members (excludes halogenated alkanes) is 14. The third kappa shape index (κ3) is 20.9. The molecular weight excluding hydrogens is 428 g/mol. The molecule has 0 rings (SSSR count). The van der Waals surface area contributed by atoms with Crippen LogP contribution in [0.1, 0.15) is 96.3 Å². The molecule has 0 aliphatic carbocycles. The number of rotatable bonds is 20. The second kappa shape index (κ2) is 18.5. The molecule has 0 atom stereocenters. The van der Waals surface area contributed by atoms with Crippen molar-refractivity contribution >= 4 is 16.0 Å². The van der Waals surface area contributed by atoms with Crippen LogP contribution in [0.2, 0.25) is 0 Å². The second-order valence-corrected chi connectivity index (χ2v) is 11.1. The standard InChI is InChI=1S/C24H49N2O5S/c1-26(2,3)23(24(27)28)25-21-19-17-15-13-11-9-7-5-6-8-10-12-14-16-18-20-22-31-32(4,29)30/h20,22,24,27-28H,5-19,21H2,1-4H3/q+1. The van der Waals surface area contributed by atoms with E-state index in [2.05, 4.69) is 9.18 Å². The van der Waals surface area contributed by atoms with Crippen LogP contribution in [0.4, 0.5) is 0 Å². The minimum absolute atomic E-state index is 0.347. The van der Waals surface area contributed by atoms with Crippen LogP contribution in [0.3, 0.4) is 0 Å². The summed E-state index contributed by atoms with van der Waals surface area (Å²) in [5.41, 5.74) is 0. The predicted octanol–water partition coefficient (Wildman–Crippen LogP) is 4.74. The lowest BCUT2D eigenvalue weighted by Gasteiger charge is -2.25. The van der Waals surface area contributed by atoms with Crippen LogP contribution in [-0.4, -0.2) is 69.2 Å². The Morgan fingerprint density at radius 2 is 1.22 bits per heavy atom. The summed E-state index contributed by atoms with van der Waals surface area (Å²) >= 11 is 0. The van der Waals surface area contributed by atoms with E-state index in [1.807, 2.05) is 21.1 Å². The van der Waals surface area contributed by atoms with Crippen molar-refractivity contribution in [3.05, 3.63) is 12.3 Å². The molecule has 0 heterocycles. The van der Waals surface area contributed by atoms with Crippen molar-refractivity contribution in [3.8, 4) is 0 Å². The SMILES string of the molecule is C[N+](C)(C)C(=NCCCCCCCCCCCCCCCCC=COS(C)(=O)=O)C(O)O. The van der Waals surface area contributed by atoms with Crippen molar-refractivity contribution < 1.29 is 27.3 Å². The van der Waals surface area contributed by atoms with Gasteiger partial charge in [0.05, 0.1) is 27.4 Å². The summed E-state index contributed by atoms with van der Waals surface area (Å²) in [6.07, 6.45) is 20.9. The highest BCUT2D eigenvalue weighted by atomic mass is 32.2. The molecule has 0 fully saturated rings. The van der Waals surface area contributed by atoms with Gasteiger partial charge in [-0.3, -0.25) is 4.48 Å². The van der Waals surface area contributed by atoms with E-state index >= 15 is 0 Å². The Labute approximate surface area is 197 Å². The molecule has 190 valence electrons. The topological polar surface area (TPSA) is 96.2 Å². The summed E-state index contributed by atoms with van der Waals surface area (Å²) in [6.45, 7) is 0.663. The summed E-state index contributed by atoms with van der Waals surface area (Å²) in [7, 11) is 2.31. The number of allylic oxidation sites excluding steroid dienone is 1. The van der Waals surface area contributed by atoms with Crippen LogP contribution < -0.4 is 0 Å². The summed E-state index contributed by atoms with van der Waals surface area (Å²) in [5, 5.41) is 18.8. The second-order valence-electron chi connectivity index (χ2n) is 9.54. The monoisotopic (exact) mass is 477 g/mol. The number of aliphatic imine (C=N–C) groups is 1. The molecule has 0 bridgehead atoms. The Morgan fingerprint density at radius 3 is 1.59 bits per heavy atom. The molecule has 0 aliphatic rings. The molecule has 0 saturated carbocycles. The number of aliphatic hydroxyl groups excluding tert-OH is 1. The summed E-state index contributed by atoms with van der Waals surface area (Å²) < 4.78 is 26.5. The van der Waals surface area contributed by atoms with Crippen molar-refractivity contribution in [1.29, 1.82) is 0 Å². The summed E-state index contributed by atoms with van der Waals surface area (Å²) in [6, 6.07) is 0. The van der Waals surface area contributed by atoms with Gasteiger partial charge >= 0.3 is 10.1 Å². The van der Waals surface area contributed by atoms with Gasteiger partial charge in [-0.1, -0.05) is 77.0 Å². The van der Waals surface area contributed by atoms with Crippen molar-refractivity contribution in [3.63, 3.8) is 0 Å². The molecule has 0 aromatic carbocycles. The molecule has 0 amide bonds. The molecule has 0 unspecified atom stereocenters. The average molecular weight is 478 g/mol. The minimum atomic E-state index is -3.36. The van der Waals surface area contributed by atoms with E-state index < -0.39 is 16.4 Å². The first-order valence-corrected chi connectivity index (χ1v) is 14.1. The molecular formula is C24H49N2O5S+. The lowest BCUT2D eigenvalue weighted by atomic mass is 10.0. The maximum atomic E-state index is 10.8. The number of likely N-dealkylation sites (N-methyl/N-ethyl adjacent to an activating group) is 1. The number of amidine groups is 1. The van der Waals surface area contributed by atoms with Crippen LogP contribution in [-0.2, 0) is 14.3 Å². The lowest BCUT2D eigenvalue weighted by Crippen LogP contribution is -2.47. The number of hydrogen-bond donors (Lipinski definition) is 2. The highest BCUT2D eigenvalue weighted by molar-refractivity contribution is 7.86. The predicted molar refractivity (Wildman–Crippen MR) is 133 cm³/mol. The highest BCUT2D eigenvalue weighted by Crippen LogP contribution is 2.13. The number of nitrogens with zero attached hydrogens (tertiary/aromatic N) is 2. The van der Waals surface area contributed by atoms with Crippen LogP contribution in [0.5, 0.6) is 0 Å². The Balaban J connectivity index is 3.38. The van der Waals surface area contributed by atoms with Crippen molar-refractivity contribution in [2.75, 3.05) is 33.9 Å². The molecule has 0 aliphatic heterocycles. The number of quaternary nitrogens is 1. The van der Waals surface area contributed by atoms with Gasteiger partial charge in [0, 0.05) is 6.54 Å². The van der Waals surface area contributed by atoms with E-state index in [4.69, 9.17) is 0 Å². The third-order valence-electron chi connectivity index (χ3n) is 5.30. The largest absolute Gasteiger partial charge is 0.391 e. The summed E-state index contributed by atoms with van der Waals surface area (Å²) in [5.74, 6) is 0.416. The van der Waals surface area contributed by atoms with Gasteiger partial charge in [-0.05, 0) is 25.3 Å². The van der Waals surface area contributed by atoms with Gasteiger partial charge in [-0.25, -0.2) is 4.99 Å². The zero-order chi connectivity index (χ0) is 24.3. The molecule has 0 aromatic heterocycles. The first-order chi connectivity index (χ1) is 15.0. The van der Waals surface area contributed by atoms with Gasteiger partial charge in [0.2, 0.25) is 6.29 Å². The normalized spacial score (nSPS) is 13.4. The first kappa shape index (κ1) is 31.0. The van der Waals surface area contributed by atoms with Crippen molar-refractivity contribution in [1.82, 2.24) is 0 Å². The summed E-state index contributed by atoms with van der Waals surface area (Å²) in [4.78, 5) is 4.37. The van der Waals surface area contributed by atoms with Crippen LogP contribution in [0, 0.1) is 0 Å². The zero-order valence-corrected chi connectivity index (χ0v) is 21.8. The highest BCUT2D eigenvalue weighted by Gasteiger charge is 2.24. The fraction of sp³-hybridized carbons (Fsp3) is 0.875. The van der Waals surface area contributed by atoms with Gasteiger partial charge in [0.1, 0.15) is 6.26 Å². The van der Waals surface area contributed by atoms with E-state index in [-0.39, 0.29) is 0 Å². The van der Waals surface area contributed by atoms with E-state index in [0.29, 0.717) is 16.9 Å². The molecule has 0 radical (unpaired) electrons. The van der Waals surface area contributed by atoms with Gasteiger partial charge in [0.25, 0.3) is 5.84 Å².